The second-order valence-electron chi connectivity index (χ2n) is 3.64. The molecule has 0 radical (unpaired) electrons. The van der Waals surface area contributed by atoms with Gasteiger partial charge in [-0.25, -0.2) is 0 Å². The zero-order chi connectivity index (χ0) is 10.6. The van der Waals surface area contributed by atoms with Crippen LogP contribution < -0.4 is 11.1 Å². The van der Waals surface area contributed by atoms with Crippen LogP contribution in [0.4, 0.5) is 0 Å². The minimum atomic E-state index is -0.902. The lowest BCUT2D eigenvalue weighted by molar-refractivity contribution is -0.137. The fourth-order valence-electron chi connectivity index (χ4n) is 1.74. The molecule has 0 aliphatic heterocycles. The SMILES string of the molecule is NC1CCCC1C(=O)NCCC(=O)O. The number of amides is 1. The Morgan fingerprint density at radius 3 is 2.64 bits per heavy atom. The van der Waals surface area contributed by atoms with Crippen molar-refractivity contribution in [2.75, 3.05) is 6.54 Å². The largest absolute Gasteiger partial charge is 0.481 e. The van der Waals surface area contributed by atoms with Crippen LogP contribution in [0.25, 0.3) is 0 Å². The average molecular weight is 200 g/mol. The predicted octanol–water partition coefficient (Wildman–Crippen LogP) is -0.295. The number of rotatable bonds is 4. The van der Waals surface area contributed by atoms with Crippen molar-refractivity contribution in [3.05, 3.63) is 0 Å². The van der Waals surface area contributed by atoms with E-state index in [0.29, 0.717) is 0 Å². The van der Waals surface area contributed by atoms with Gasteiger partial charge in [-0.2, -0.15) is 0 Å². The number of carbonyl (C=O) groups is 2. The van der Waals surface area contributed by atoms with Gasteiger partial charge in [-0.1, -0.05) is 6.42 Å². The first-order valence-electron chi connectivity index (χ1n) is 4.86. The summed E-state index contributed by atoms with van der Waals surface area (Å²) in [7, 11) is 0. The summed E-state index contributed by atoms with van der Waals surface area (Å²) in [5.74, 6) is -1.12. The Bertz CT molecular complexity index is 230. The molecule has 1 rings (SSSR count). The molecule has 5 nitrogen and oxygen atoms in total. The van der Waals surface area contributed by atoms with Crippen LogP contribution >= 0.6 is 0 Å². The van der Waals surface area contributed by atoms with Crippen molar-refractivity contribution >= 4 is 11.9 Å². The molecule has 0 saturated heterocycles. The quantitative estimate of drug-likeness (QED) is 0.581. The molecule has 2 atom stereocenters. The molecule has 1 saturated carbocycles. The molecule has 14 heavy (non-hydrogen) atoms. The van der Waals surface area contributed by atoms with Crippen molar-refractivity contribution in [1.29, 1.82) is 0 Å². The third-order valence-electron chi connectivity index (χ3n) is 2.54. The van der Waals surface area contributed by atoms with Crippen molar-refractivity contribution in [3.8, 4) is 0 Å². The highest BCUT2D eigenvalue weighted by Gasteiger charge is 2.29. The highest BCUT2D eigenvalue weighted by atomic mass is 16.4. The molecule has 1 amide bonds. The van der Waals surface area contributed by atoms with E-state index in [1.807, 2.05) is 0 Å². The van der Waals surface area contributed by atoms with Gasteiger partial charge in [-0.15, -0.1) is 0 Å². The number of hydrogen-bond acceptors (Lipinski definition) is 3. The number of carboxylic acids is 1. The molecule has 1 aliphatic rings. The van der Waals surface area contributed by atoms with E-state index in [1.165, 1.54) is 0 Å². The summed E-state index contributed by atoms with van der Waals surface area (Å²) in [5.41, 5.74) is 5.73. The van der Waals surface area contributed by atoms with Crippen LogP contribution in [0.1, 0.15) is 25.7 Å². The van der Waals surface area contributed by atoms with Crippen LogP contribution in [-0.4, -0.2) is 29.6 Å². The van der Waals surface area contributed by atoms with Gasteiger partial charge >= 0.3 is 5.97 Å². The number of hydrogen-bond donors (Lipinski definition) is 3. The maximum atomic E-state index is 11.5. The lowest BCUT2D eigenvalue weighted by Crippen LogP contribution is -2.39. The summed E-state index contributed by atoms with van der Waals surface area (Å²) in [6.07, 6.45) is 2.66. The maximum Gasteiger partial charge on any atom is 0.305 e. The molecular weight excluding hydrogens is 184 g/mol. The van der Waals surface area contributed by atoms with Crippen LogP contribution in [0.3, 0.4) is 0 Å². The van der Waals surface area contributed by atoms with E-state index in [-0.39, 0.29) is 30.8 Å². The molecule has 2 unspecified atom stereocenters. The van der Waals surface area contributed by atoms with Gasteiger partial charge in [0.1, 0.15) is 0 Å². The fraction of sp³-hybridized carbons (Fsp3) is 0.778. The molecule has 0 aromatic carbocycles. The molecule has 4 N–H and O–H groups in total. The van der Waals surface area contributed by atoms with E-state index in [4.69, 9.17) is 10.8 Å². The minimum Gasteiger partial charge on any atom is -0.481 e. The minimum absolute atomic E-state index is 0.0340. The normalized spacial score (nSPS) is 26.1. The van der Waals surface area contributed by atoms with Gasteiger partial charge < -0.3 is 16.2 Å². The third-order valence-corrected chi connectivity index (χ3v) is 2.54. The number of nitrogens with one attached hydrogen (secondary N) is 1. The first-order valence-corrected chi connectivity index (χ1v) is 4.86. The smallest absolute Gasteiger partial charge is 0.305 e. The van der Waals surface area contributed by atoms with Crippen LogP contribution in [0.5, 0.6) is 0 Å². The van der Waals surface area contributed by atoms with Crippen molar-refractivity contribution in [2.24, 2.45) is 11.7 Å². The second kappa shape index (κ2) is 4.95. The number of nitrogens with two attached hydrogens (primary N) is 1. The first-order chi connectivity index (χ1) is 6.61. The van der Waals surface area contributed by atoms with E-state index in [1.54, 1.807) is 0 Å². The van der Waals surface area contributed by atoms with Crippen LogP contribution in [0.2, 0.25) is 0 Å². The molecule has 1 fully saturated rings. The molecule has 0 aromatic rings. The third kappa shape index (κ3) is 2.99. The van der Waals surface area contributed by atoms with Crippen LogP contribution in [-0.2, 0) is 9.59 Å². The molecule has 0 bridgehead atoms. The summed E-state index contributed by atoms with van der Waals surface area (Å²) in [5, 5.41) is 11.0. The first kappa shape index (κ1) is 11.0. The maximum absolute atomic E-state index is 11.5. The number of aliphatic carboxylic acids is 1. The lowest BCUT2D eigenvalue weighted by Gasteiger charge is -2.14. The molecule has 1 aliphatic carbocycles. The Morgan fingerprint density at radius 1 is 1.43 bits per heavy atom. The van der Waals surface area contributed by atoms with Gasteiger partial charge in [0.15, 0.2) is 0 Å². The van der Waals surface area contributed by atoms with Gasteiger partial charge in [0, 0.05) is 12.6 Å². The topological polar surface area (TPSA) is 92.4 Å². The lowest BCUT2D eigenvalue weighted by atomic mass is 10.0. The zero-order valence-corrected chi connectivity index (χ0v) is 8.03. The zero-order valence-electron chi connectivity index (χ0n) is 8.03. The molecule has 80 valence electrons. The Hall–Kier alpha value is -1.10. The summed E-state index contributed by atoms with van der Waals surface area (Å²) in [6.45, 7) is 0.192. The van der Waals surface area contributed by atoms with Crippen LogP contribution in [0.15, 0.2) is 0 Å². The van der Waals surface area contributed by atoms with Crippen molar-refractivity contribution in [3.63, 3.8) is 0 Å². The molecule has 0 aromatic heterocycles. The molecule has 5 heteroatoms. The van der Waals surface area contributed by atoms with E-state index >= 15 is 0 Å². The van der Waals surface area contributed by atoms with E-state index in [0.717, 1.165) is 19.3 Å². The van der Waals surface area contributed by atoms with Crippen molar-refractivity contribution < 1.29 is 14.7 Å². The average Bonchev–Trinajstić information content (AvgIpc) is 2.50. The van der Waals surface area contributed by atoms with Crippen molar-refractivity contribution in [2.45, 2.75) is 31.7 Å². The summed E-state index contributed by atoms with van der Waals surface area (Å²) in [4.78, 5) is 21.6. The Kier molecular flexibility index (Phi) is 3.88. The highest BCUT2D eigenvalue weighted by Crippen LogP contribution is 2.23. The Morgan fingerprint density at radius 2 is 2.14 bits per heavy atom. The molecular formula is C9H16N2O3. The summed E-state index contributed by atoms with van der Waals surface area (Å²) < 4.78 is 0. The predicted molar refractivity (Wildman–Crippen MR) is 50.6 cm³/mol. The van der Waals surface area contributed by atoms with Gasteiger partial charge in [0.05, 0.1) is 12.3 Å². The van der Waals surface area contributed by atoms with Crippen LogP contribution in [0, 0.1) is 5.92 Å². The number of carbonyl (C=O) groups excluding carboxylic acids is 1. The highest BCUT2D eigenvalue weighted by molar-refractivity contribution is 5.80. The van der Waals surface area contributed by atoms with Gasteiger partial charge in [0.25, 0.3) is 0 Å². The molecule has 0 spiro atoms. The monoisotopic (exact) mass is 200 g/mol. The van der Waals surface area contributed by atoms with Gasteiger partial charge in [0.2, 0.25) is 5.91 Å². The van der Waals surface area contributed by atoms with E-state index in [9.17, 15) is 9.59 Å². The Balaban J connectivity index is 2.24. The van der Waals surface area contributed by atoms with Crippen molar-refractivity contribution in [1.82, 2.24) is 5.32 Å². The second-order valence-corrected chi connectivity index (χ2v) is 3.64. The summed E-state index contributed by atoms with van der Waals surface area (Å²) in [6, 6.07) is -0.0557. The molecule has 0 heterocycles. The van der Waals surface area contributed by atoms with Gasteiger partial charge in [-0.05, 0) is 12.8 Å². The fourth-order valence-corrected chi connectivity index (χ4v) is 1.74. The summed E-state index contributed by atoms with van der Waals surface area (Å²) >= 11 is 0. The van der Waals surface area contributed by atoms with Gasteiger partial charge in [-0.3, -0.25) is 9.59 Å². The van der Waals surface area contributed by atoms with E-state index < -0.39 is 5.97 Å². The Labute approximate surface area is 82.7 Å². The standard InChI is InChI=1S/C9H16N2O3/c10-7-3-1-2-6(7)9(14)11-5-4-8(12)13/h6-7H,1-5,10H2,(H,11,14)(H,12,13). The number of carboxylic acid groups (broad SMARTS) is 1. The van der Waals surface area contributed by atoms with E-state index in [2.05, 4.69) is 5.32 Å².